The van der Waals surface area contributed by atoms with Crippen molar-refractivity contribution >= 4 is 29.2 Å². The van der Waals surface area contributed by atoms with Gasteiger partial charge in [-0.25, -0.2) is 14.8 Å². The molecule has 0 saturated carbocycles. The molecule has 2 aliphatic heterocycles. The summed E-state index contributed by atoms with van der Waals surface area (Å²) in [6.07, 6.45) is 0.220. The second-order valence-electron chi connectivity index (χ2n) is 7.00. The summed E-state index contributed by atoms with van der Waals surface area (Å²) in [5.41, 5.74) is 0. The van der Waals surface area contributed by atoms with E-state index < -0.39 is 12.1 Å². The van der Waals surface area contributed by atoms with Crippen LogP contribution in [0.25, 0.3) is 0 Å². The quantitative estimate of drug-likeness (QED) is 0.725. The first kappa shape index (κ1) is 22.9. The van der Waals surface area contributed by atoms with Gasteiger partial charge in [-0.05, 0) is 30.4 Å². The minimum absolute atomic E-state index is 0.0817. The van der Waals surface area contributed by atoms with Crippen molar-refractivity contribution in [2.45, 2.75) is 37.7 Å². The second kappa shape index (κ2) is 10.1. The average molecular weight is 458 g/mol. The summed E-state index contributed by atoms with van der Waals surface area (Å²) in [6, 6.07) is 6.11. The number of hydrogen-bond donors (Lipinski definition) is 2. The van der Waals surface area contributed by atoms with E-state index >= 15 is 0 Å². The SMILES string of the molecule is O=C(NCc1cccs1)[C@H]1C[C@H]2OCC[C@H]2N(c2ncccn2)C1.O=C(O)C(F)(F)F. The Morgan fingerprint density at radius 2 is 2.00 bits per heavy atom. The number of carbonyl (C=O) groups excluding carboxylic acids is 1. The van der Waals surface area contributed by atoms with Crippen molar-refractivity contribution in [3.63, 3.8) is 0 Å². The highest BCUT2D eigenvalue weighted by molar-refractivity contribution is 7.09. The Bertz CT molecular complexity index is 867. The van der Waals surface area contributed by atoms with Crippen molar-refractivity contribution in [2.75, 3.05) is 18.1 Å². The molecule has 1 amide bonds. The molecule has 3 atom stereocenters. The molecule has 4 heterocycles. The summed E-state index contributed by atoms with van der Waals surface area (Å²) in [6.45, 7) is 1.97. The van der Waals surface area contributed by atoms with E-state index in [4.69, 9.17) is 14.6 Å². The van der Waals surface area contributed by atoms with Crippen LogP contribution in [0.1, 0.15) is 17.7 Å². The van der Waals surface area contributed by atoms with E-state index in [1.54, 1.807) is 29.8 Å². The Labute approximate surface area is 180 Å². The molecule has 2 saturated heterocycles. The van der Waals surface area contributed by atoms with Gasteiger partial charge in [0.2, 0.25) is 11.9 Å². The molecule has 0 radical (unpaired) electrons. The minimum atomic E-state index is -5.08. The lowest BCUT2D eigenvalue weighted by Crippen LogP contribution is -2.53. The molecule has 31 heavy (non-hydrogen) atoms. The van der Waals surface area contributed by atoms with Gasteiger partial charge in [-0.1, -0.05) is 6.07 Å². The van der Waals surface area contributed by atoms with E-state index in [2.05, 4.69) is 20.2 Å². The van der Waals surface area contributed by atoms with Crippen molar-refractivity contribution < 1.29 is 32.6 Å². The molecule has 2 fully saturated rings. The Kier molecular flexibility index (Phi) is 7.44. The van der Waals surface area contributed by atoms with E-state index in [0.29, 0.717) is 19.0 Å². The van der Waals surface area contributed by atoms with Crippen molar-refractivity contribution in [1.29, 1.82) is 0 Å². The maximum atomic E-state index is 12.6. The molecule has 12 heteroatoms. The lowest BCUT2D eigenvalue weighted by molar-refractivity contribution is -0.192. The third-order valence-electron chi connectivity index (χ3n) is 4.95. The van der Waals surface area contributed by atoms with Gasteiger partial charge in [0.25, 0.3) is 0 Å². The predicted octanol–water partition coefficient (Wildman–Crippen LogP) is 2.47. The summed E-state index contributed by atoms with van der Waals surface area (Å²) in [4.78, 5) is 33.6. The number of aromatic nitrogens is 2. The smallest absolute Gasteiger partial charge is 0.475 e. The summed E-state index contributed by atoms with van der Waals surface area (Å²) in [5.74, 6) is -2.09. The zero-order valence-electron chi connectivity index (χ0n) is 16.3. The Balaban J connectivity index is 0.000000339. The van der Waals surface area contributed by atoms with Crippen molar-refractivity contribution in [3.8, 4) is 0 Å². The number of halogens is 3. The summed E-state index contributed by atoms with van der Waals surface area (Å²) in [5, 5.41) is 12.2. The van der Waals surface area contributed by atoms with Crippen LogP contribution in [-0.2, 0) is 20.9 Å². The van der Waals surface area contributed by atoms with Gasteiger partial charge in [0.15, 0.2) is 0 Å². The second-order valence-corrected chi connectivity index (χ2v) is 8.03. The molecule has 0 spiro atoms. The number of nitrogens with zero attached hydrogens (tertiary/aromatic N) is 3. The first-order chi connectivity index (χ1) is 14.8. The van der Waals surface area contributed by atoms with Crippen LogP contribution in [0.4, 0.5) is 19.1 Å². The fraction of sp³-hybridized carbons (Fsp3) is 0.474. The number of carboxylic acid groups (broad SMARTS) is 1. The van der Waals surface area contributed by atoms with E-state index in [0.717, 1.165) is 24.3 Å². The first-order valence-electron chi connectivity index (χ1n) is 9.51. The van der Waals surface area contributed by atoms with Crippen LogP contribution in [0.15, 0.2) is 36.0 Å². The third kappa shape index (κ3) is 6.14. The molecule has 0 bridgehead atoms. The molecular weight excluding hydrogens is 437 g/mol. The Hall–Kier alpha value is -2.73. The molecule has 8 nitrogen and oxygen atoms in total. The maximum absolute atomic E-state index is 12.6. The number of carbonyl (C=O) groups is 2. The van der Waals surface area contributed by atoms with E-state index in [-0.39, 0.29) is 24.0 Å². The normalized spacial score (nSPS) is 22.8. The van der Waals surface area contributed by atoms with Crippen LogP contribution in [0.3, 0.4) is 0 Å². The number of alkyl halides is 3. The number of rotatable bonds is 4. The lowest BCUT2D eigenvalue weighted by atomic mass is 9.89. The van der Waals surface area contributed by atoms with E-state index in [1.165, 1.54) is 0 Å². The fourth-order valence-corrected chi connectivity index (χ4v) is 4.18. The van der Waals surface area contributed by atoms with Gasteiger partial charge in [-0.3, -0.25) is 4.79 Å². The highest BCUT2D eigenvalue weighted by atomic mass is 32.1. The average Bonchev–Trinajstić information content (AvgIpc) is 3.43. The van der Waals surface area contributed by atoms with Gasteiger partial charge in [0.05, 0.1) is 24.6 Å². The van der Waals surface area contributed by atoms with E-state index in [1.807, 2.05) is 17.5 Å². The molecule has 2 aliphatic rings. The van der Waals surface area contributed by atoms with Crippen LogP contribution in [0.2, 0.25) is 0 Å². The van der Waals surface area contributed by atoms with Crippen LogP contribution in [0, 0.1) is 5.92 Å². The Morgan fingerprint density at radius 3 is 2.61 bits per heavy atom. The number of piperidine rings is 1. The third-order valence-corrected chi connectivity index (χ3v) is 5.82. The number of amides is 1. The van der Waals surface area contributed by atoms with Gasteiger partial charge < -0.3 is 20.1 Å². The number of thiophene rings is 1. The molecular formula is C19H21F3N4O4S. The molecule has 0 unspecified atom stereocenters. The topological polar surface area (TPSA) is 105 Å². The van der Waals surface area contributed by atoms with Gasteiger partial charge in [0, 0.05) is 30.4 Å². The number of anilines is 1. The molecule has 0 aromatic carbocycles. The van der Waals surface area contributed by atoms with Crippen molar-refractivity contribution in [3.05, 3.63) is 40.8 Å². The standard InChI is InChI=1S/C17H20N4O2S.C2HF3O2/c22-16(20-10-13-3-1-8-24-13)12-9-15-14(4-7-23-15)21(11-12)17-18-5-2-6-19-17;3-2(4,5)1(6)7/h1-3,5-6,8,12,14-15H,4,7,9-11H2,(H,20,22);(H,6,7)/t12-,14+,15+;/m0./s1. The largest absolute Gasteiger partial charge is 0.490 e. The van der Waals surface area contributed by atoms with Crippen LogP contribution >= 0.6 is 11.3 Å². The summed E-state index contributed by atoms with van der Waals surface area (Å²) in [7, 11) is 0. The van der Waals surface area contributed by atoms with Crippen molar-refractivity contribution in [1.82, 2.24) is 15.3 Å². The van der Waals surface area contributed by atoms with Gasteiger partial charge in [0.1, 0.15) is 0 Å². The molecule has 168 valence electrons. The van der Waals surface area contributed by atoms with Crippen LogP contribution < -0.4 is 10.2 Å². The molecule has 4 rings (SSSR count). The van der Waals surface area contributed by atoms with Gasteiger partial charge >= 0.3 is 12.1 Å². The first-order valence-corrected chi connectivity index (χ1v) is 10.4. The monoisotopic (exact) mass is 458 g/mol. The van der Waals surface area contributed by atoms with Gasteiger partial charge in [-0.2, -0.15) is 13.2 Å². The van der Waals surface area contributed by atoms with Crippen LogP contribution in [-0.4, -0.2) is 58.4 Å². The predicted molar refractivity (Wildman–Crippen MR) is 105 cm³/mol. The molecule has 2 aromatic heterocycles. The lowest BCUT2D eigenvalue weighted by Gasteiger charge is -2.40. The number of nitrogens with one attached hydrogen (secondary N) is 1. The van der Waals surface area contributed by atoms with E-state index in [9.17, 15) is 18.0 Å². The zero-order chi connectivity index (χ0) is 22.4. The minimum Gasteiger partial charge on any atom is -0.475 e. The fourth-order valence-electron chi connectivity index (χ4n) is 3.54. The number of ether oxygens (including phenoxy) is 1. The van der Waals surface area contributed by atoms with Crippen LogP contribution in [0.5, 0.6) is 0 Å². The molecule has 2 aromatic rings. The van der Waals surface area contributed by atoms with Gasteiger partial charge in [-0.15, -0.1) is 11.3 Å². The zero-order valence-corrected chi connectivity index (χ0v) is 17.1. The maximum Gasteiger partial charge on any atom is 0.490 e. The van der Waals surface area contributed by atoms with Crippen molar-refractivity contribution in [2.24, 2.45) is 5.92 Å². The number of carboxylic acids is 1. The summed E-state index contributed by atoms with van der Waals surface area (Å²) >= 11 is 1.65. The molecule has 2 N–H and O–H groups in total. The highest BCUT2D eigenvalue weighted by Crippen LogP contribution is 2.33. The summed E-state index contributed by atoms with van der Waals surface area (Å²) < 4.78 is 37.6. The number of aliphatic carboxylic acids is 1. The number of hydrogen-bond acceptors (Lipinski definition) is 7. The Morgan fingerprint density at radius 1 is 1.29 bits per heavy atom. The number of fused-ring (bicyclic) bond motifs is 1. The molecule has 0 aliphatic carbocycles. The highest BCUT2D eigenvalue weighted by Gasteiger charge is 2.43.